The van der Waals surface area contributed by atoms with Crippen molar-refractivity contribution in [1.29, 1.82) is 0 Å². The van der Waals surface area contributed by atoms with Gasteiger partial charge in [0, 0.05) is 0 Å². The maximum atomic E-state index is 11.8. The summed E-state index contributed by atoms with van der Waals surface area (Å²) in [6.07, 6.45) is 0. The highest BCUT2D eigenvalue weighted by molar-refractivity contribution is 7.85. The molecule has 1 heterocycles. The molecule has 4 N–H and O–H groups in total. The van der Waals surface area contributed by atoms with Gasteiger partial charge in [0.25, 0.3) is 15.7 Å². The SMILES string of the molecule is Cc1[nH]n(-c2cc(S(=O)(=O)O)ccc2Cl)c(=O)c1N. The summed E-state index contributed by atoms with van der Waals surface area (Å²) in [5.74, 6) is 0. The molecule has 9 heteroatoms. The molecule has 0 aliphatic rings. The van der Waals surface area contributed by atoms with Gasteiger partial charge >= 0.3 is 0 Å². The van der Waals surface area contributed by atoms with E-state index < -0.39 is 15.7 Å². The molecule has 0 saturated carbocycles. The maximum absolute atomic E-state index is 11.8. The molecule has 7 nitrogen and oxygen atoms in total. The highest BCUT2D eigenvalue weighted by Crippen LogP contribution is 2.23. The molecule has 0 saturated heterocycles. The van der Waals surface area contributed by atoms with E-state index in [-0.39, 0.29) is 21.3 Å². The summed E-state index contributed by atoms with van der Waals surface area (Å²) in [6, 6.07) is 3.47. The zero-order valence-electron chi connectivity index (χ0n) is 9.71. The molecule has 1 aromatic carbocycles. The third-order valence-corrected chi connectivity index (χ3v) is 3.74. The van der Waals surface area contributed by atoms with Gasteiger partial charge < -0.3 is 5.73 Å². The van der Waals surface area contributed by atoms with Crippen LogP contribution >= 0.6 is 11.6 Å². The summed E-state index contributed by atoms with van der Waals surface area (Å²) >= 11 is 5.92. The predicted octanol–water partition coefficient (Wildman–Crippen LogP) is 0.956. The minimum Gasteiger partial charge on any atom is -0.393 e. The fourth-order valence-electron chi connectivity index (χ4n) is 1.55. The first-order valence-electron chi connectivity index (χ1n) is 5.06. The molecular formula is C10H10ClN3O4S. The molecule has 2 aromatic rings. The average molecular weight is 304 g/mol. The highest BCUT2D eigenvalue weighted by Gasteiger charge is 2.16. The zero-order valence-corrected chi connectivity index (χ0v) is 11.3. The Bertz CT molecular complexity index is 807. The maximum Gasteiger partial charge on any atom is 0.294 e. The van der Waals surface area contributed by atoms with E-state index in [1.54, 1.807) is 6.92 Å². The lowest BCUT2D eigenvalue weighted by molar-refractivity contribution is 0.483. The molecule has 0 aliphatic heterocycles. The van der Waals surface area contributed by atoms with Crippen LogP contribution in [-0.2, 0) is 10.1 Å². The highest BCUT2D eigenvalue weighted by atomic mass is 35.5. The average Bonchev–Trinajstić information content (AvgIpc) is 2.56. The van der Waals surface area contributed by atoms with Crippen LogP contribution in [0.4, 0.5) is 5.69 Å². The van der Waals surface area contributed by atoms with Crippen molar-refractivity contribution in [3.63, 3.8) is 0 Å². The van der Waals surface area contributed by atoms with Gasteiger partial charge in [0.1, 0.15) is 5.69 Å². The van der Waals surface area contributed by atoms with Crippen molar-refractivity contribution >= 4 is 27.4 Å². The number of anilines is 1. The number of nitrogens with zero attached hydrogens (tertiary/aromatic N) is 1. The lowest BCUT2D eigenvalue weighted by Crippen LogP contribution is -2.17. The minimum absolute atomic E-state index is 0.00771. The lowest BCUT2D eigenvalue weighted by atomic mass is 10.3. The zero-order chi connectivity index (χ0) is 14.4. The van der Waals surface area contributed by atoms with Crippen molar-refractivity contribution < 1.29 is 13.0 Å². The molecule has 19 heavy (non-hydrogen) atoms. The molecule has 0 unspecified atom stereocenters. The van der Waals surface area contributed by atoms with E-state index in [4.69, 9.17) is 21.9 Å². The molecule has 0 bridgehead atoms. The summed E-state index contributed by atoms with van der Waals surface area (Å²) < 4.78 is 32.2. The van der Waals surface area contributed by atoms with Gasteiger partial charge in [-0.15, -0.1) is 0 Å². The second kappa shape index (κ2) is 4.41. The van der Waals surface area contributed by atoms with Crippen LogP contribution in [0.15, 0.2) is 27.9 Å². The first-order valence-corrected chi connectivity index (χ1v) is 6.88. The fraction of sp³-hybridized carbons (Fsp3) is 0.100. The first kappa shape index (κ1) is 13.7. The smallest absolute Gasteiger partial charge is 0.294 e. The van der Waals surface area contributed by atoms with E-state index in [0.717, 1.165) is 16.8 Å². The number of benzene rings is 1. The normalized spacial score (nSPS) is 11.7. The number of aromatic nitrogens is 2. The number of hydrogen-bond donors (Lipinski definition) is 3. The van der Waals surface area contributed by atoms with E-state index in [1.165, 1.54) is 6.07 Å². The fourth-order valence-corrected chi connectivity index (χ4v) is 2.26. The molecule has 102 valence electrons. The molecule has 0 amide bonds. The molecule has 2 rings (SSSR count). The molecule has 0 fully saturated rings. The summed E-state index contributed by atoms with van der Waals surface area (Å²) in [6.45, 7) is 1.59. The Morgan fingerprint density at radius 1 is 1.42 bits per heavy atom. The summed E-state index contributed by atoms with van der Waals surface area (Å²) in [4.78, 5) is 11.5. The van der Waals surface area contributed by atoms with Gasteiger partial charge in [-0.2, -0.15) is 8.42 Å². The monoisotopic (exact) mass is 303 g/mol. The van der Waals surface area contributed by atoms with Gasteiger partial charge in [-0.3, -0.25) is 14.4 Å². The van der Waals surface area contributed by atoms with Gasteiger partial charge in [-0.05, 0) is 25.1 Å². The predicted molar refractivity (Wildman–Crippen MR) is 70.4 cm³/mol. The number of aryl methyl sites for hydroxylation is 1. The van der Waals surface area contributed by atoms with Crippen molar-refractivity contribution in [2.75, 3.05) is 5.73 Å². The first-order chi connectivity index (χ1) is 8.71. The van der Waals surface area contributed by atoms with E-state index in [1.807, 2.05) is 0 Å². The second-order valence-corrected chi connectivity index (χ2v) is 5.71. The lowest BCUT2D eigenvalue weighted by Gasteiger charge is -2.06. The van der Waals surface area contributed by atoms with Crippen molar-refractivity contribution in [3.05, 3.63) is 39.3 Å². The van der Waals surface area contributed by atoms with Crippen LogP contribution in [0.2, 0.25) is 5.02 Å². The Morgan fingerprint density at radius 3 is 2.53 bits per heavy atom. The van der Waals surface area contributed by atoms with Gasteiger partial charge in [-0.25, -0.2) is 4.68 Å². The van der Waals surface area contributed by atoms with Crippen LogP contribution in [-0.4, -0.2) is 22.8 Å². The van der Waals surface area contributed by atoms with Gasteiger partial charge in [0.05, 0.1) is 21.3 Å². The van der Waals surface area contributed by atoms with E-state index in [0.29, 0.717) is 5.69 Å². The number of halogens is 1. The standard InChI is InChI=1S/C10H10ClN3O4S/c1-5-9(12)10(15)14(13-5)8-4-6(19(16,17)18)2-3-7(8)11/h2-4,13H,12H2,1H3,(H,16,17,18). The molecule has 0 spiro atoms. The summed E-state index contributed by atoms with van der Waals surface area (Å²) in [7, 11) is -4.39. The Balaban J connectivity index is 2.75. The molecule has 0 atom stereocenters. The molecule has 1 aromatic heterocycles. The Kier molecular flexibility index (Phi) is 3.17. The molecule has 0 aliphatic carbocycles. The third kappa shape index (κ3) is 2.37. The Hall–Kier alpha value is -1.77. The van der Waals surface area contributed by atoms with Gasteiger partial charge in [-0.1, -0.05) is 11.6 Å². The number of H-pyrrole nitrogens is 1. The van der Waals surface area contributed by atoms with E-state index in [9.17, 15) is 13.2 Å². The van der Waals surface area contributed by atoms with Crippen LogP contribution in [0, 0.1) is 6.92 Å². The molecular weight excluding hydrogens is 294 g/mol. The third-order valence-electron chi connectivity index (χ3n) is 2.57. The van der Waals surface area contributed by atoms with Crippen molar-refractivity contribution in [3.8, 4) is 5.69 Å². The van der Waals surface area contributed by atoms with Crippen molar-refractivity contribution in [2.24, 2.45) is 0 Å². The molecule has 0 radical (unpaired) electrons. The van der Waals surface area contributed by atoms with Gasteiger partial charge in [0.2, 0.25) is 0 Å². The van der Waals surface area contributed by atoms with Crippen LogP contribution in [0.3, 0.4) is 0 Å². The van der Waals surface area contributed by atoms with Crippen LogP contribution in [0.25, 0.3) is 5.69 Å². The summed E-state index contributed by atoms with van der Waals surface area (Å²) in [5, 5.41) is 2.80. The summed E-state index contributed by atoms with van der Waals surface area (Å²) in [5.41, 5.74) is 5.51. The number of nitrogens with two attached hydrogens (primary N) is 1. The van der Waals surface area contributed by atoms with Crippen LogP contribution < -0.4 is 11.3 Å². The number of rotatable bonds is 2. The Labute approximate surface area is 113 Å². The van der Waals surface area contributed by atoms with Crippen molar-refractivity contribution in [1.82, 2.24) is 9.78 Å². The van der Waals surface area contributed by atoms with E-state index >= 15 is 0 Å². The van der Waals surface area contributed by atoms with Crippen LogP contribution in [0.1, 0.15) is 5.69 Å². The largest absolute Gasteiger partial charge is 0.393 e. The van der Waals surface area contributed by atoms with Gasteiger partial charge in [0.15, 0.2) is 0 Å². The number of aromatic amines is 1. The topological polar surface area (TPSA) is 118 Å². The van der Waals surface area contributed by atoms with Crippen LogP contribution in [0.5, 0.6) is 0 Å². The van der Waals surface area contributed by atoms with E-state index in [2.05, 4.69) is 5.10 Å². The number of hydrogen-bond acceptors (Lipinski definition) is 4. The number of nitrogens with one attached hydrogen (secondary N) is 1. The second-order valence-electron chi connectivity index (χ2n) is 3.88. The number of nitrogen functional groups attached to an aromatic ring is 1. The Morgan fingerprint density at radius 2 is 2.05 bits per heavy atom. The van der Waals surface area contributed by atoms with Crippen molar-refractivity contribution in [2.45, 2.75) is 11.8 Å². The quantitative estimate of drug-likeness (QED) is 0.714. The minimum atomic E-state index is -4.39.